The van der Waals surface area contributed by atoms with Crippen molar-refractivity contribution in [2.75, 3.05) is 26.9 Å². The van der Waals surface area contributed by atoms with Crippen LogP contribution in [0.15, 0.2) is 87.1 Å². The zero-order valence-electron chi connectivity index (χ0n) is 22.0. The van der Waals surface area contributed by atoms with Crippen molar-refractivity contribution in [3.8, 4) is 17.2 Å². The number of methoxy groups -OCH3 is 1. The van der Waals surface area contributed by atoms with Gasteiger partial charge in [-0.05, 0) is 60.5 Å². The second-order valence-electron chi connectivity index (χ2n) is 8.96. The number of rotatable bonds is 11. The van der Waals surface area contributed by atoms with Crippen molar-refractivity contribution in [2.45, 2.75) is 6.42 Å². The van der Waals surface area contributed by atoms with Gasteiger partial charge in [-0.2, -0.15) is 5.10 Å². The molecule has 0 aliphatic carbocycles. The third kappa shape index (κ3) is 6.25. The summed E-state index contributed by atoms with van der Waals surface area (Å²) in [5.74, 6) is 0.224. The van der Waals surface area contributed by atoms with Gasteiger partial charge in [-0.15, -0.1) is 0 Å². The lowest BCUT2D eigenvalue weighted by Crippen LogP contribution is -2.31. The van der Waals surface area contributed by atoms with Gasteiger partial charge in [0.05, 0.1) is 31.1 Å². The summed E-state index contributed by atoms with van der Waals surface area (Å²) in [7, 11) is 1.50. The van der Waals surface area contributed by atoms with Crippen molar-refractivity contribution in [3.63, 3.8) is 0 Å². The highest BCUT2D eigenvalue weighted by Gasteiger charge is 2.34. The van der Waals surface area contributed by atoms with Crippen LogP contribution in [0.4, 0.5) is 0 Å². The first kappa shape index (κ1) is 27.1. The summed E-state index contributed by atoms with van der Waals surface area (Å²) in [4.78, 5) is 49.7. The second kappa shape index (κ2) is 12.2. The minimum atomic E-state index is -0.485. The summed E-state index contributed by atoms with van der Waals surface area (Å²) in [6.45, 7) is 0.202. The average molecular weight is 556 g/mol. The third-order valence-electron chi connectivity index (χ3n) is 6.22. The van der Waals surface area contributed by atoms with Crippen LogP contribution in [0.3, 0.4) is 0 Å². The first-order chi connectivity index (χ1) is 19.9. The monoisotopic (exact) mass is 555 g/mol. The van der Waals surface area contributed by atoms with Gasteiger partial charge >= 0.3 is 5.63 Å². The van der Waals surface area contributed by atoms with E-state index in [1.165, 1.54) is 30.4 Å². The molecule has 0 fully saturated rings. The number of hydrogen-bond acceptors (Lipinski definition) is 9. The lowest BCUT2D eigenvalue weighted by atomic mass is 10.1. The van der Waals surface area contributed by atoms with Crippen molar-refractivity contribution >= 4 is 34.9 Å². The Morgan fingerprint density at radius 3 is 2.44 bits per heavy atom. The molecular weight excluding hydrogens is 530 g/mol. The Kier molecular flexibility index (Phi) is 8.05. The smallest absolute Gasteiger partial charge is 0.336 e. The van der Waals surface area contributed by atoms with Gasteiger partial charge in [0.15, 0.2) is 18.1 Å². The Labute approximate surface area is 233 Å². The molecule has 0 bridgehead atoms. The van der Waals surface area contributed by atoms with Crippen molar-refractivity contribution < 1.29 is 33.0 Å². The van der Waals surface area contributed by atoms with Crippen molar-refractivity contribution in [2.24, 2.45) is 5.10 Å². The van der Waals surface area contributed by atoms with E-state index in [0.29, 0.717) is 45.9 Å². The minimum Gasteiger partial charge on any atom is -0.493 e. The number of amides is 3. The number of hydrogen-bond donors (Lipinski definition) is 1. The van der Waals surface area contributed by atoms with Crippen molar-refractivity contribution in [1.82, 2.24) is 10.3 Å². The molecule has 0 saturated heterocycles. The van der Waals surface area contributed by atoms with E-state index in [2.05, 4.69) is 10.5 Å². The molecule has 208 valence electrons. The van der Waals surface area contributed by atoms with E-state index in [4.69, 9.17) is 18.6 Å². The van der Waals surface area contributed by atoms with Gasteiger partial charge in [-0.1, -0.05) is 12.1 Å². The van der Waals surface area contributed by atoms with E-state index in [0.717, 1.165) is 5.39 Å². The predicted octanol–water partition coefficient (Wildman–Crippen LogP) is 3.40. The molecule has 0 radical (unpaired) electrons. The van der Waals surface area contributed by atoms with Crippen LogP contribution in [-0.2, 0) is 4.79 Å². The maximum atomic E-state index is 12.5. The lowest BCUT2D eigenvalue weighted by molar-refractivity contribution is -0.123. The molecule has 0 saturated carbocycles. The van der Waals surface area contributed by atoms with Crippen LogP contribution < -0.4 is 25.3 Å². The number of benzene rings is 3. The van der Waals surface area contributed by atoms with Crippen LogP contribution >= 0.6 is 0 Å². The molecular formula is C30H25N3O8. The molecule has 1 aromatic heterocycles. The first-order valence-corrected chi connectivity index (χ1v) is 12.7. The van der Waals surface area contributed by atoms with Gasteiger partial charge in [0, 0.05) is 24.1 Å². The number of carbonyl (C=O) groups excluding carboxylic acids is 3. The summed E-state index contributed by atoms with van der Waals surface area (Å²) < 4.78 is 21.8. The number of carbonyl (C=O) groups is 3. The molecule has 1 aliphatic rings. The zero-order valence-corrected chi connectivity index (χ0v) is 22.0. The molecule has 4 aromatic rings. The Morgan fingerprint density at radius 2 is 1.68 bits per heavy atom. The van der Waals surface area contributed by atoms with Gasteiger partial charge in [0.2, 0.25) is 0 Å². The molecule has 3 aromatic carbocycles. The summed E-state index contributed by atoms with van der Waals surface area (Å²) in [5.41, 5.74) is 3.75. The number of fused-ring (bicyclic) bond motifs is 2. The maximum Gasteiger partial charge on any atom is 0.336 e. The fourth-order valence-electron chi connectivity index (χ4n) is 4.22. The van der Waals surface area contributed by atoms with Crippen molar-refractivity contribution in [1.29, 1.82) is 0 Å². The van der Waals surface area contributed by atoms with E-state index < -0.39 is 11.5 Å². The molecule has 0 unspecified atom stereocenters. The third-order valence-corrected chi connectivity index (χ3v) is 6.22. The maximum absolute atomic E-state index is 12.5. The van der Waals surface area contributed by atoms with Gasteiger partial charge in [0.1, 0.15) is 11.3 Å². The van der Waals surface area contributed by atoms with E-state index >= 15 is 0 Å². The fourth-order valence-corrected chi connectivity index (χ4v) is 4.22. The lowest BCUT2D eigenvalue weighted by Gasteiger charge is -2.15. The molecule has 11 nitrogen and oxygen atoms in total. The number of hydrazone groups is 1. The van der Waals surface area contributed by atoms with Crippen LogP contribution in [0.2, 0.25) is 0 Å². The van der Waals surface area contributed by atoms with E-state index in [-0.39, 0.29) is 31.6 Å². The Morgan fingerprint density at radius 1 is 0.927 bits per heavy atom. The van der Waals surface area contributed by atoms with Gasteiger partial charge in [-0.3, -0.25) is 19.3 Å². The quantitative estimate of drug-likeness (QED) is 0.0978. The molecule has 2 heterocycles. The fraction of sp³-hybridized carbons (Fsp3) is 0.167. The highest BCUT2D eigenvalue weighted by atomic mass is 16.5. The number of imide groups is 1. The van der Waals surface area contributed by atoms with Crippen LogP contribution in [0.25, 0.3) is 11.0 Å². The normalized spacial score (nSPS) is 12.6. The number of nitrogens with one attached hydrogen (secondary N) is 1. The van der Waals surface area contributed by atoms with E-state index in [1.54, 1.807) is 60.7 Å². The molecule has 3 amide bonds. The molecule has 0 spiro atoms. The standard InChI is InChI=1S/C30H25N3O8/c1-38-26-15-19(17-31-32-27(34)18-40-21-10-8-20-9-12-28(35)41-25(20)16-21)7-11-24(26)39-14-4-13-33-29(36)22-5-2-3-6-23(22)30(33)37/h2-3,5-12,15-17H,4,13-14,18H2,1H3,(H,32,34)/b31-17+. The Hall–Kier alpha value is -5.45. The van der Waals surface area contributed by atoms with Crippen LogP contribution in [-0.4, -0.2) is 55.7 Å². The predicted molar refractivity (Wildman–Crippen MR) is 149 cm³/mol. The minimum absolute atomic E-state index is 0.236. The first-order valence-electron chi connectivity index (χ1n) is 12.7. The van der Waals surface area contributed by atoms with Crippen LogP contribution in [0.5, 0.6) is 17.2 Å². The van der Waals surface area contributed by atoms with Gasteiger partial charge < -0.3 is 18.6 Å². The highest BCUT2D eigenvalue weighted by Crippen LogP contribution is 2.28. The summed E-state index contributed by atoms with van der Waals surface area (Å²) in [6, 6.07) is 19.8. The Bertz CT molecular complexity index is 1680. The average Bonchev–Trinajstić information content (AvgIpc) is 3.23. The largest absolute Gasteiger partial charge is 0.493 e. The summed E-state index contributed by atoms with van der Waals surface area (Å²) in [6.07, 6.45) is 1.89. The zero-order chi connectivity index (χ0) is 28.8. The summed E-state index contributed by atoms with van der Waals surface area (Å²) in [5, 5.41) is 4.68. The van der Waals surface area contributed by atoms with Gasteiger partial charge in [0.25, 0.3) is 17.7 Å². The van der Waals surface area contributed by atoms with E-state index in [9.17, 15) is 19.2 Å². The molecule has 11 heteroatoms. The van der Waals surface area contributed by atoms with Gasteiger partial charge in [-0.25, -0.2) is 10.2 Å². The van der Waals surface area contributed by atoms with Crippen LogP contribution in [0, 0.1) is 0 Å². The number of nitrogens with zero attached hydrogens (tertiary/aromatic N) is 2. The SMILES string of the molecule is COc1cc(/C=N/NC(=O)COc2ccc3ccc(=O)oc3c2)ccc1OCCCN1C(=O)c2ccccc2C1=O. The molecule has 5 rings (SSSR count). The molecule has 0 atom stereocenters. The second-order valence-corrected chi connectivity index (χ2v) is 8.96. The van der Waals surface area contributed by atoms with Crippen molar-refractivity contribution in [3.05, 3.63) is 99.9 Å². The highest BCUT2D eigenvalue weighted by molar-refractivity contribution is 6.21. The van der Waals surface area contributed by atoms with Crippen LogP contribution in [0.1, 0.15) is 32.7 Å². The molecule has 1 N–H and O–H groups in total. The molecule has 1 aliphatic heterocycles. The molecule has 41 heavy (non-hydrogen) atoms. The topological polar surface area (TPSA) is 137 Å². The van der Waals surface area contributed by atoms with E-state index in [1.807, 2.05) is 0 Å². The number of ether oxygens (including phenoxy) is 3. The summed E-state index contributed by atoms with van der Waals surface area (Å²) >= 11 is 0. The Balaban J connectivity index is 1.08.